The second-order valence-corrected chi connectivity index (χ2v) is 16.3. The molecule has 11 rings (SSSR count). The van der Waals surface area contributed by atoms with Crippen molar-refractivity contribution >= 4 is 59.3 Å². The number of nitrogens with zero attached hydrogens (tertiary/aromatic N) is 1. The third-order valence-electron chi connectivity index (χ3n) is 11.7. The second-order valence-electron chi connectivity index (χ2n) is 15.3. The minimum absolute atomic E-state index is 1.10. The summed E-state index contributed by atoms with van der Waals surface area (Å²) < 4.78 is 2.65. The summed E-state index contributed by atoms with van der Waals surface area (Å²) in [5.74, 6) is 0. The van der Waals surface area contributed by atoms with Gasteiger partial charge in [-0.05, 0) is 115 Å². The van der Waals surface area contributed by atoms with E-state index >= 15 is 0 Å². The Balaban J connectivity index is 0.991. The van der Waals surface area contributed by atoms with Gasteiger partial charge in [-0.3, -0.25) is 0 Å². The average Bonchev–Trinajstić information content (AvgIpc) is 3.72. The molecular weight excluding hydrogens is 743 g/mol. The lowest BCUT2D eigenvalue weighted by Gasteiger charge is -2.26. The average molecular weight is 782 g/mol. The van der Waals surface area contributed by atoms with Crippen LogP contribution in [-0.4, -0.2) is 0 Å². The first-order valence-electron chi connectivity index (χ1n) is 20.5. The number of hydrogen-bond donors (Lipinski definition) is 0. The first-order chi connectivity index (χ1) is 29.7. The minimum atomic E-state index is 1.10. The molecule has 0 N–H and O–H groups in total. The van der Waals surface area contributed by atoms with E-state index in [0.29, 0.717) is 0 Å². The first kappa shape index (κ1) is 35.6. The fourth-order valence-electron chi connectivity index (χ4n) is 8.72. The molecule has 0 aliphatic carbocycles. The van der Waals surface area contributed by atoms with E-state index in [9.17, 15) is 0 Å². The molecule has 282 valence electrons. The van der Waals surface area contributed by atoms with Crippen LogP contribution in [-0.2, 0) is 0 Å². The summed E-state index contributed by atoms with van der Waals surface area (Å²) in [5.41, 5.74) is 15.5. The summed E-state index contributed by atoms with van der Waals surface area (Å²) in [6.45, 7) is 0. The van der Waals surface area contributed by atoms with Gasteiger partial charge in [-0.25, -0.2) is 0 Å². The molecule has 0 saturated carbocycles. The third kappa shape index (κ3) is 6.54. The second kappa shape index (κ2) is 15.3. The molecule has 1 aromatic heterocycles. The van der Waals surface area contributed by atoms with E-state index < -0.39 is 0 Å². The molecule has 10 aromatic carbocycles. The summed E-state index contributed by atoms with van der Waals surface area (Å²) in [6, 6.07) is 86.0. The Morgan fingerprint density at radius 1 is 0.267 bits per heavy atom. The highest BCUT2D eigenvalue weighted by molar-refractivity contribution is 7.26. The molecule has 0 bridgehead atoms. The lowest BCUT2D eigenvalue weighted by atomic mass is 9.89. The molecule has 0 saturated heterocycles. The van der Waals surface area contributed by atoms with Crippen molar-refractivity contribution in [2.45, 2.75) is 0 Å². The third-order valence-corrected chi connectivity index (χ3v) is 12.9. The largest absolute Gasteiger partial charge is 0.311 e. The Labute approximate surface area is 354 Å². The predicted molar refractivity (Wildman–Crippen MR) is 259 cm³/mol. The zero-order valence-corrected chi connectivity index (χ0v) is 33.7. The maximum atomic E-state index is 2.37. The highest BCUT2D eigenvalue weighted by Gasteiger charge is 2.17. The molecule has 0 amide bonds. The molecule has 11 aromatic rings. The van der Waals surface area contributed by atoms with Gasteiger partial charge in [0.15, 0.2) is 0 Å². The summed E-state index contributed by atoms with van der Waals surface area (Å²) in [4.78, 5) is 2.36. The van der Waals surface area contributed by atoms with Gasteiger partial charge in [-0.15, -0.1) is 11.3 Å². The Morgan fingerprint density at radius 3 is 1.43 bits per heavy atom. The van der Waals surface area contributed by atoms with Crippen molar-refractivity contribution in [2.24, 2.45) is 0 Å². The molecule has 1 heterocycles. The summed E-state index contributed by atoms with van der Waals surface area (Å²) in [5, 5.41) is 5.13. The fourth-order valence-corrected chi connectivity index (χ4v) is 9.96. The van der Waals surface area contributed by atoms with Crippen molar-refractivity contribution in [3.63, 3.8) is 0 Å². The van der Waals surface area contributed by atoms with Crippen LogP contribution in [0.25, 0.3) is 86.6 Å². The minimum Gasteiger partial charge on any atom is -0.311 e. The lowest BCUT2D eigenvalue weighted by molar-refractivity contribution is 1.28. The van der Waals surface area contributed by atoms with E-state index in [-0.39, 0.29) is 0 Å². The van der Waals surface area contributed by atoms with Crippen molar-refractivity contribution in [3.8, 4) is 55.6 Å². The Hall–Kier alpha value is -7.52. The van der Waals surface area contributed by atoms with E-state index in [1.54, 1.807) is 0 Å². The van der Waals surface area contributed by atoms with Crippen LogP contribution in [0.1, 0.15) is 0 Å². The first-order valence-corrected chi connectivity index (χ1v) is 21.3. The fraction of sp³-hybridized carbons (Fsp3) is 0. The van der Waals surface area contributed by atoms with Crippen molar-refractivity contribution in [1.29, 1.82) is 0 Å². The van der Waals surface area contributed by atoms with Gasteiger partial charge in [-0.1, -0.05) is 188 Å². The molecule has 0 unspecified atom stereocenters. The Kier molecular flexibility index (Phi) is 9.11. The standard InChI is InChI=1S/C58H39NS/c1-3-13-40(14-4-1)41-25-32-47(33-26-41)59(49-36-29-45(30-37-49)52-21-12-23-55-54-20-9-10-24-57(54)60-58(52)55)48-34-27-42(28-35-48)46-31-38-51(43-15-5-2-6-16-43)56(39-46)53-22-11-18-44-17-7-8-19-50(44)53/h1-39H. The van der Waals surface area contributed by atoms with E-state index in [4.69, 9.17) is 0 Å². The maximum absolute atomic E-state index is 2.37. The number of hydrogen-bond acceptors (Lipinski definition) is 2. The molecule has 0 spiro atoms. The number of thiophene rings is 1. The quantitative estimate of drug-likeness (QED) is 0.148. The predicted octanol–water partition coefficient (Wildman–Crippen LogP) is 17.0. The van der Waals surface area contributed by atoms with Crippen LogP contribution in [0.3, 0.4) is 0 Å². The molecule has 0 fully saturated rings. The van der Waals surface area contributed by atoms with Crippen LogP contribution in [0.2, 0.25) is 0 Å². The van der Waals surface area contributed by atoms with Crippen molar-refractivity contribution in [3.05, 3.63) is 237 Å². The van der Waals surface area contributed by atoms with Crippen LogP contribution in [0.4, 0.5) is 17.1 Å². The van der Waals surface area contributed by atoms with Crippen LogP contribution in [0.15, 0.2) is 237 Å². The molecule has 2 heteroatoms. The number of fused-ring (bicyclic) bond motifs is 4. The highest BCUT2D eigenvalue weighted by Crippen LogP contribution is 2.43. The topological polar surface area (TPSA) is 3.24 Å². The van der Waals surface area contributed by atoms with E-state index in [0.717, 1.165) is 17.1 Å². The van der Waals surface area contributed by atoms with Crippen LogP contribution in [0.5, 0.6) is 0 Å². The number of benzene rings is 10. The van der Waals surface area contributed by atoms with Crippen LogP contribution in [0, 0.1) is 0 Å². The van der Waals surface area contributed by atoms with Gasteiger partial charge >= 0.3 is 0 Å². The molecule has 60 heavy (non-hydrogen) atoms. The van der Waals surface area contributed by atoms with Gasteiger partial charge in [0.25, 0.3) is 0 Å². The molecule has 0 atom stereocenters. The molecule has 0 aliphatic heterocycles. The molecular formula is C58H39NS. The van der Waals surface area contributed by atoms with Crippen molar-refractivity contribution < 1.29 is 0 Å². The van der Waals surface area contributed by atoms with Gasteiger partial charge in [-0.2, -0.15) is 0 Å². The molecule has 0 aliphatic rings. The monoisotopic (exact) mass is 781 g/mol. The van der Waals surface area contributed by atoms with Gasteiger partial charge < -0.3 is 4.90 Å². The van der Waals surface area contributed by atoms with E-state index in [1.807, 2.05) is 11.3 Å². The normalized spacial score (nSPS) is 11.3. The Bertz CT molecular complexity index is 3270. The Morgan fingerprint density at radius 2 is 0.733 bits per heavy atom. The molecule has 0 radical (unpaired) electrons. The number of rotatable bonds is 8. The van der Waals surface area contributed by atoms with Gasteiger partial charge in [0.1, 0.15) is 0 Å². The SMILES string of the molecule is c1ccc(-c2ccc(N(c3ccc(-c4ccc(-c5ccccc5)c(-c5cccc6ccccc56)c4)cc3)c3ccc(-c4cccc5c4sc4ccccc45)cc3)cc2)cc1. The van der Waals surface area contributed by atoms with E-state index in [1.165, 1.54) is 86.6 Å². The van der Waals surface area contributed by atoms with Gasteiger partial charge in [0, 0.05) is 37.2 Å². The van der Waals surface area contributed by atoms with Gasteiger partial charge in [0.2, 0.25) is 0 Å². The van der Waals surface area contributed by atoms with Crippen LogP contribution >= 0.6 is 11.3 Å². The van der Waals surface area contributed by atoms with Gasteiger partial charge in [0.05, 0.1) is 0 Å². The zero-order chi connectivity index (χ0) is 39.8. The summed E-state index contributed by atoms with van der Waals surface area (Å²) >= 11 is 1.88. The smallest absolute Gasteiger partial charge is 0.0462 e. The molecule has 1 nitrogen and oxygen atoms in total. The van der Waals surface area contributed by atoms with Crippen molar-refractivity contribution in [2.75, 3.05) is 4.90 Å². The highest BCUT2D eigenvalue weighted by atomic mass is 32.1. The van der Waals surface area contributed by atoms with E-state index in [2.05, 4.69) is 241 Å². The van der Waals surface area contributed by atoms with Crippen molar-refractivity contribution in [1.82, 2.24) is 0 Å². The summed E-state index contributed by atoms with van der Waals surface area (Å²) in [6.07, 6.45) is 0. The zero-order valence-electron chi connectivity index (χ0n) is 32.9. The summed E-state index contributed by atoms with van der Waals surface area (Å²) in [7, 11) is 0. The lowest BCUT2D eigenvalue weighted by Crippen LogP contribution is -2.09. The maximum Gasteiger partial charge on any atom is 0.0462 e. The van der Waals surface area contributed by atoms with Crippen LogP contribution < -0.4 is 4.90 Å². The number of anilines is 3.